The summed E-state index contributed by atoms with van der Waals surface area (Å²) in [5.74, 6) is -0.166. The van der Waals surface area contributed by atoms with Gasteiger partial charge in [-0.25, -0.2) is 0 Å². The zero-order valence-electron chi connectivity index (χ0n) is 16.6. The van der Waals surface area contributed by atoms with Gasteiger partial charge in [-0.05, 0) is 31.5 Å². The van der Waals surface area contributed by atoms with Gasteiger partial charge in [-0.15, -0.1) is 0 Å². The van der Waals surface area contributed by atoms with Gasteiger partial charge < -0.3 is 5.32 Å². The largest absolute Gasteiger partial charge is 0.352 e. The first kappa shape index (κ1) is 21.0. The standard InChI is InChI=1S/C23H24BrN3O2/c1-16-21(17(2)27(26-16)15-18-6-4-3-5-7-18)14-25-23(29)13-12-22(28)19-8-10-20(24)11-9-19/h3-11H,12-15H2,1-2H3,(H,25,29). The van der Waals surface area contributed by atoms with Crippen LogP contribution in [0.2, 0.25) is 0 Å². The first-order chi connectivity index (χ1) is 13.9. The minimum Gasteiger partial charge on any atom is -0.352 e. The Morgan fingerprint density at radius 1 is 1.00 bits per heavy atom. The van der Waals surface area contributed by atoms with Crippen LogP contribution in [0.3, 0.4) is 0 Å². The highest BCUT2D eigenvalue weighted by Gasteiger charge is 2.14. The molecule has 0 bridgehead atoms. The SMILES string of the molecule is Cc1nn(Cc2ccccc2)c(C)c1CNC(=O)CCC(=O)c1ccc(Br)cc1. The number of rotatable bonds is 8. The van der Waals surface area contributed by atoms with Gasteiger partial charge in [0, 0.05) is 40.7 Å². The van der Waals surface area contributed by atoms with Crippen molar-refractivity contribution < 1.29 is 9.59 Å². The van der Waals surface area contributed by atoms with Crippen LogP contribution in [-0.2, 0) is 17.9 Å². The molecule has 1 heterocycles. The summed E-state index contributed by atoms with van der Waals surface area (Å²) < 4.78 is 2.88. The Labute approximate surface area is 179 Å². The number of halogens is 1. The van der Waals surface area contributed by atoms with Crippen LogP contribution in [0.5, 0.6) is 0 Å². The molecule has 0 radical (unpaired) electrons. The lowest BCUT2D eigenvalue weighted by Crippen LogP contribution is -2.24. The Morgan fingerprint density at radius 2 is 1.69 bits per heavy atom. The summed E-state index contributed by atoms with van der Waals surface area (Å²) >= 11 is 3.35. The molecule has 3 aromatic rings. The second-order valence-corrected chi connectivity index (χ2v) is 7.92. The van der Waals surface area contributed by atoms with Gasteiger partial charge in [0.2, 0.25) is 5.91 Å². The molecule has 6 heteroatoms. The maximum Gasteiger partial charge on any atom is 0.220 e. The molecule has 150 valence electrons. The average molecular weight is 454 g/mol. The van der Waals surface area contributed by atoms with Gasteiger partial charge in [0.1, 0.15) is 0 Å². The Kier molecular flexibility index (Phi) is 6.99. The number of nitrogens with one attached hydrogen (secondary N) is 1. The van der Waals surface area contributed by atoms with Crippen LogP contribution in [-0.4, -0.2) is 21.5 Å². The van der Waals surface area contributed by atoms with Gasteiger partial charge in [0.15, 0.2) is 5.78 Å². The predicted octanol–water partition coefficient (Wildman–Crippen LogP) is 4.59. The summed E-state index contributed by atoms with van der Waals surface area (Å²) in [5, 5.41) is 7.53. The van der Waals surface area contributed by atoms with E-state index in [9.17, 15) is 9.59 Å². The average Bonchev–Trinajstić information content (AvgIpc) is 2.98. The van der Waals surface area contributed by atoms with Crippen LogP contribution in [0.1, 0.15) is 45.7 Å². The minimum absolute atomic E-state index is 0.0318. The highest BCUT2D eigenvalue weighted by molar-refractivity contribution is 9.10. The van der Waals surface area contributed by atoms with Crippen LogP contribution >= 0.6 is 15.9 Å². The summed E-state index contributed by atoms with van der Waals surface area (Å²) in [4.78, 5) is 24.4. The summed E-state index contributed by atoms with van der Waals surface area (Å²) in [6, 6.07) is 17.3. The molecule has 0 saturated carbocycles. The second-order valence-electron chi connectivity index (χ2n) is 7.00. The number of amides is 1. The quantitative estimate of drug-likeness (QED) is 0.507. The molecule has 0 atom stereocenters. The zero-order chi connectivity index (χ0) is 20.8. The van der Waals surface area contributed by atoms with Gasteiger partial charge in [-0.1, -0.05) is 58.4 Å². The molecular formula is C23H24BrN3O2. The van der Waals surface area contributed by atoms with Crippen molar-refractivity contribution in [2.75, 3.05) is 0 Å². The number of ketones is 1. The molecule has 0 unspecified atom stereocenters. The van der Waals surface area contributed by atoms with Gasteiger partial charge in [0.25, 0.3) is 0 Å². The molecule has 2 aromatic carbocycles. The number of aryl methyl sites for hydroxylation is 1. The van der Waals surface area contributed by atoms with E-state index in [2.05, 4.69) is 38.5 Å². The van der Waals surface area contributed by atoms with Crippen molar-refractivity contribution in [3.05, 3.63) is 87.1 Å². The molecule has 0 aliphatic rings. The minimum atomic E-state index is -0.134. The number of carbonyl (C=O) groups is 2. The fourth-order valence-corrected chi connectivity index (χ4v) is 3.45. The zero-order valence-corrected chi connectivity index (χ0v) is 18.2. The Hall–Kier alpha value is -2.73. The molecule has 0 aliphatic heterocycles. The maximum atomic E-state index is 12.2. The molecule has 0 spiro atoms. The van der Waals surface area contributed by atoms with Gasteiger partial charge >= 0.3 is 0 Å². The third-order valence-corrected chi connectivity index (χ3v) is 5.44. The van der Waals surface area contributed by atoms with Crippen molar-refractivity contribution in [1.29, 1.82) is 0 Å². The molecule has 5 nitrogen and oxygen atoms in total. The van der Waals surface area contributed by atoms with E-state index in [1.807, 2.05) is 48.9 Å². The van der Waals surface area contributed by atoms with Crippen LogP contribution in [0.15, 0.2) is 59.1 Å². The summed E-state index contributed by atoms with van der Waals surface area (Å²) in [5.41, 5.74) is 4.77. The molecule has 1 aromatic heterocycles. The summed E-state index contributed by atoms with van der Waals surface area (Å²) in [6.45, 7) is 5.08. The van der Waals surface area contributed by atoms with Gasteiger partial charge in [-0.3, -0.25) is 14.3 Å². The van der Waals surface area contributed by atoms with Crippen LogP contribution in [0, 0.1) is 13.8 Å². The first-order valence-electron chi connectivity index (χ1n) is 9.56. The molecule has 0 fully saturated rings. The molecule has 0 saturated heterocycles. The lowest BCUT2D eigenvalue weighted by Gasteiger charge is -2.07. The monoisotopic (exact) mass is 453 g/mol. The van der Waals surface area contributed by atoms with E-state index in [-0.39, 0.29) is 24.5 Å². The van der Waals surface area contributed by atoms with Gasteiger partial charge in [0.05, 0.1) is 12.2 Å². The lowest BCUT2D eigenvalue weighted by atomic mass is 10.1. The van der Waals surface area contributed by atoms with Crippen LogP contribution in [0.25, 0.3) is 0 Å². The van der Waals surface area contributed by atoms with Crippen molar-refractivity contribution in [1.82, 2.24) is 15.1 Å². The molecule has 1 N–H and O–H groups in total. The maximum absolute atomic E-state index is 12.2. The van der Waals surface area contributed by atoms with Crippen LogP contribution in [0.4, 0.5) is 0 Å². The van der Waals surface area contributed by atoms with Crippen molar-refractivity contribution in [2.45, 2.75) is 39.8 Å². The van der Waals surface area contributed by atoms with E-state index in [0.29, 0.717) is 18.7 Å². The first-order valence-corrected chi connectivity index (χ1v) is 10.4. The van der Waals surface area contributed by atoms with E-state index in [1.165, 1.54) is 5.56 Å². The number of aromatic nitrogens is 2. The van der Waals surface area contributed by atoms with E-state index in [0.717, 1.165) is 21.4 Å². The fourth-order valence-electron chi connectivity index (χ4n) is 3.18. The Balaban J connectivity index is 1.53. The second kappa shape index (κ2) is 9.65. The smallest absolute Gasteiger partial charge is 0.220 e. The third-order valence-electron chi connectivity index (χ3n) is 4.91. The predicted molar refractivity (Wildman–Crippen MR) is 117 cm³/mol. The van der Waals surface area contributed by atoms with Crippen molar-refractivity contribution in [3.8, 4) is 0 Å². The van der Waals surface area contributed by atoms with Gasteiger partial charge in [-0.2, -0.15) is 5.10 Å². The summed E-state index contributed by atoms with van der Waals surface area (Å²) in [6.07, 6.45) is 0.365. The topological polar surface area (TPSA) is 64.0 Å². The number of Topliss-reactive ketones (excluding diaryl/α,β-unsaturated/α-hetero) is 1. The van der Waals surface area contributed by atoms with E-state index >= 15 is 0 Å². The highest BCUT2D eigenvalue weighted by atomic mass is 79.9. The van der Waals surface area contributed by atoms with E-state index in [4.69, 9.17) is 0 Å². The Bertz CT molecular complexity index is 995. The fraction of sp³-hybridized carbons (Fsp3) is 0.261. The van der Waals surface area contributed by atoms with Crippen molar-refractivity contribution in [3.63, 3.8) is 0 Å². The van der Waals surface area contributed by atoms with Crippen molar-refractivity contribution >= 4 is 27.6 Å². The van der Waals surface area contributed by atoms with Crippen LogP contribution < -0.4 is 5.32 Å². The summed E-state index contributed by atoms with van der Waals surface area (Å²) in [7, 11) is 0. The number of nitrogens with zero attached hydrogens (tertiary/aromatic N) is 2. The molecule has 3 rings (SSSR count). The molecule has 1 amide bonds. The third kappa shape index (κ3) is 5.64. The highest BCUT2D eigenvalue weighted by Crippen LogP contribution is 2.15. The Morgan fingerprint density at radius 3 is 2.38 bits per heavy atom. The number of hydrogen-bond acceptors (Lipinski definition) is 3. The van der Waals surface area contributed by atoms with E-state index in [1.54, 1.807) is 12.1 Å². The van der Waals surface area contributed by atoms with Crippen molar-refractivity contribution in [2.24, 2.45) is 0 Å². The molecular weight excluding hydrogens is 430 g/mol. The number of hydrogen-bond donors (Lipinski definition) is 1. The number of benzene rings is 2. The van der Waals surface area contributed by atoms with E-state index < -0.39 is 0 Å². The molecule has 0 aliphatic carbocycles. The molecule has 29 heavy (non-hydrogen) atoms. The normalized spacial score (nSPS) is 10.7. The lowest BCUT2D eigenvalue weighted by molar-refractivity contribution is -0.121. The number of carbonyl (C=O) groups excluding carboxylic acids is 2.